The summed E-state index contributed by atoms with van der Waals surface area (Å²) in [7, 11) is -4.52. The summed E-state index contributed by atoms with van der Waals surface area (Å²) in [5.41, 5.74) is 20.4. The fourth-order valence-electron chi connectivity index (χ4n) is 15.1. The minimum absolute atomic E-state index is 0.208. The SMILES string of the molecule is Cc1ccccc1-c1ccccc1ON(c1ccc2cc3c(cc2c1)C([Si](C)(C)C)([Si](C)(C)C)c1c-3c2ccccc2c2cc(N(c3ccccc3-c3ccccc3)c3cccc4c3oc3ccccc34)ccc12)c1ccccc1-c1ccccc1. The van der Waals surface area contributed by atoms with E-state index < -0.39 is 16.1 Å². The third kappa shape index (κ3) is 8.37. The lowest BCUT2D eigenvalue weighted by Crippen LogP contribution is -2.63. The Bertz CT molecular complexity index is 4960. The smallest absolute Gasteiger partial charge is 0.163 e. The average molecular weight is 1140 g/mol. The maximum absolute atomic E-state index is 7.41. The molecule has 15 rings (SSSR count). The van der Waals surface area contributed by atoms with Gasteiger partial charge in [0.25, 0.3) is 0 Å². The Morgan fingerprint density at radius 3 is 1.64 bits per heavy atom. The van der Waals surface area contributed by atoms with Gasteiger partial charge in [-0.15, -0.1) is 0 Å². The molecular formula is C80H66N2O2Si2. The fraction of sp³-hybridized carbons (Fsp3) is 0.100. The monoisotopic (exact) mass is 1140 g/mol. The van der Waals surface area contributed by atoms with Crippen molar-refractivity contribution in [3.05, 3.63) is 290 Å². The predicted octanol–water partition coefficient (Wildman–Crippen LogP) is 23.0. The highest BCUT2D eigenvalue weighted by molar-refractivity contribution is 7.00. The van der Waals surface area contributed by atoms with E-state index in [2.05, 4.69) is 329 Å². The normalized spacial score (nSPS) is 12.9. The Morgan fingerprint density at radius 1 is 0.372 bits per heavy atom. The topological polar surface area (TPSA) is 28.9 Å². The van der Waals surface area contributed by atoms with Gasteiger partial charge in [0.2, 0.25) is 0 Å². The van der Waals surface area contributed by atoms with Gasteiger partial charge in [0.1, 0.15) is 5.58 Å². The third-order valence-electron chi connectivity index (χ3n) is 18.3. The molecule has 86 heavy (non-hydrogen) atoms. The van der Waals surface area contributed by atoms with Crippen molar-refractivity contribution in [2.45, 2.75) is 50.9 Å². The summed E-state index contributed by atoms with van der Waals surface area (Å²) >= 11 is 0. The molecule has 1 heterocycles. The molecule has 14 aromatic rings. The van der Waals surface area contributed by atoms with E-state index in [1.54, 1.807) is 0 Å². The summed E-state index contributed by atoms with van der Waals surface area (Å²) in [6.07, 6.45) is 0. The van der Waals surface area contributed by atoms with Gasteiger partial charge >= 0.3 is 0 Å². The van der Waals surface area contributed by atoms with Crippen molar-refractivity contribution >= 4 is 98.8 Å². The maximum Gasteiger partial charge on any atom is 0.163 e. The zero-order valence-corrected chi connectivity index (χ0v) is 51.7. The second-order valence-electron chi connectivity index (χ2n) is 25.3. The maximum atomic E-state index is 7.41. The van der Waals surface area contributed by atoms with Crippen molar-refractivity contribution in [1.29, 1.82) is 0 Å². The number of para-hydroxylation sites is 5. The molecule has 0 unspecified atom stereocenters. The van der Waals surface area contributed by atoms with E-state index in [1.165, 1.54) is 60.1 Å². The van der Waals surface area contributed by atoms with Crippen LogP contribution in [0.4, 0.5) is 28.4 Å². The Balaban J connectivity index is 0.961. The molecule has 1 aromatic heterocycles. The van der Waals surface area contributed by atoms with E-state index in [4.69, 9.17) is 9.25 Å². The van der Waals surface area contributed by atoms with Crippen LogP contribution >= 0.6 is 0 Å². The molecule has 0 saturated heterocycles. The highest BCUT2D eigenvalue weighted by Crippen LogP contribution is 2.63. The lowest BCUT2D eigenvalue weighted by atomic mass is 9.90. The molecular weight excluding hydrogens is 1080 g/mol. The van der Waals surface area contributed by atoms with Crippen LogP contribution in [0.2, 0.25) is 39.3 Å². The van der Waals surface area contributed by atoms with Crippen LogP contribution in [-0.4, -0.2) is 16.1 Å². The molecule has 0 fully saturated rings. The molecule has 4 nitrogen and oxygen atoms in total. The van der Waals surface area contributed by atoms with Crippen molar-refractivity contribution in [2.24, 2.45) is 0 Å². The number of nitrogens with zero attached hydrogens (tertiary/aromatic N) is 2. The number of benzene rings is 13. The largest absolute Gasteiger partial charge is 0.454 e. The third-order valence-corrected chi connectivity index (χ3v) is 28.4. The van der Waals surface area contributed by atoms with Gasteiger partial charge in [0.15, 0.2) is 11.3 Å². The number of hydrogen-bond acceptors (Lipinski definition) is 4. The van der Waals surface area contributed by atoms with E-state index in [1.807, 2.05) is 0 Å². The Morgan fingerprint density at radius 2 is 0.930 bits per heavy atom. The lowest BCUT2D eigenvalue weighted by molar-refractivity contribution is 0.325. The number of fused-ring (bicyclic) bond motifs is 12. The molecule has 0 radical (unpaired) electrons. The summed E-state index contributed by atoms with van der Waals surface area (Å²) < 4.78 is 6.71. The first kappa shape index (κ1) is 53.0. The van der Waals surface area contributed by atoms with Crippen LogP contribution in [0.1, 0.15) is 16.7 Å². The molecule has 0 spiro atoms. The van der Waals surface area contributed by atoms with Gasteiger partial charge in [0, 0.05) is 37.8 Å². The Labute approximate surface area is 505 Å². The number of aryl methyl sites for hydroxylation is 1. The van der Waals surface area contributed by atoms with Crippen molar-refractivity contribution in [1.82, 2.24) is 0 Å². The number of rotatable bonds is 12. The minimum atomic E-state index is -2.26. The summed E-state index contributed by atoms with van der Waals surface area (Å²) in [5, 5.41) is 11.8. The molecule has 0 N–H and O–H groups in total. The van der Waals surface area contributed by atoms with Gasteiger partial charge < -0.3 is 14.2 Å². The molecule has 0 saturated carbocycles. The molecule has 0 aliphatic heterocycles. The van der Waals surface area contributed by atoms with E-state index >= 15 is 0 Å². The summed E-state index contributed by atoms with van der Waals surface area (Å²) in [6, 6.07) is 99.6. The van der Waals surface area contributed by atoms with Crippen LogP contribution in [-0.2, 0) is 4.66 Å². The Kier molecular flexibility index (Phi) is 12.7. The highest BCUT2D eigenvalue weighted by atomic mass is 28.4. The molecule has 6 heteroatoms. The van der Waals surface area contributed by atoms with Crippen molar-refractivity contribution in [2.75, 3.05) is 9.96 Å². The van der Waals surface area contributed by atoms with Gasteiger partial charge in [-0.25, -0.2) is 0 Å². The first-order valence-electron chi connectivity index (χ1n) is 30.1. The molecule has 416 valence electrons. The minimum Gasteiger partial charge on any atom is -0.454 e. The zero-order valence-electron chi connectivity index (χ0n) is 49.7. The summed E-state index contributed by atoms with van der Waals surface area (Å²) in [6.45, 7) is 18.0. The molecule has 0 amide bonds. The highest BCUT2D eigenvalue weighted by Gasteiger charge is 2.60. The molecule has 1 aliphatic rings. The number of anilines is 5. The van der Waals surface area contributed by atoms with Crippen LogP contribution < -0.4 is 14.8 Å². The van der Waals surface area contributed by atoms with Gasteiger partial charge in [-0.3, -0.25) is 0 Å². The summed E-state index contributed by atoms with van der Waals surface area (Å²) in [5.74, 6) is 0.780. The second kappa shape index (κ2) is 20.5. The van der Waals surface area contributed by atoms with E-state index in [0.717, 1.165) is 89.5 Å². The lowest BCUT2D eigenvalue weighted by Gasteiger charge is -2.51. The van der Waals surface area contributed by atoms with Crippen molar-refractivity contribution < 1.29 is 9.25 Å². The quantitative estimate of drug-likeness (QED) is 0.0693. The number of hydrogen-bond donors (Lipinski definition) is 0. The zero-order chi connectivity index (χ0) is 58.5. The average Bonchev–Trinajstić information content (AvgIpc) is 1.49. The first-order chi connectivity index (χ1) is 41.9. The Hall–Kier alpha value is -9.73. The van der Waals surface area contributed by atoms with Crippen molar-refractivity contribution in [3.63, 3.8) is 0 Å². The predicted molar refractivity (Wildman–Crippen MR) is 371 cm³/mol. The molecule has 13 aromatic carbocycles. The second-order valence-corrected chi connectivity index (χ2v) is 36.3. The van der Waals surface area contributed by atoms with E-state index in [0.29, 0.717) is 0 Å². The fourth-order valence-corrected chi connectivity index (χ4v) is 28.1. The first-order valence-corrected chi connectivity index (χ1v) is 37.1. The van der Waals surface area contributed by atoms with Gasteiger partial charge in [-0.1, -0.05) is 252 Å². The van der Waals surface area contributed by atoms with E-state index in [-0.39, 0.29) is 4.66 Å². The van der Waals surface area contributed by atoms with Crippen LogP contribution in [0.15, 0.2) is 277 Å². The van der Waals surface area contributed by atoms with Crippen LogP contribution in [0.5, 0.6) is 5.75 Å². The van der Waals surface area contributed by atoms with Crippen molar-refractivity contribution in [3.8, 4) is 50.3 Å². The molecule has 1 aliphatic carbocycles. The van der Waals surface area contributed by atoms with E-state index in [9.17, 15) is 0 Å². The standard InChI is InChI=1S/C80H66N2O2Si2/c1-53-27-14-15-32-60(53)64-36-21-25-44-76(64)84-82(73-41-23-19-34-62(73)55-30-12-9-13-31-55)59-46-45-56-50-70-71(51-57(56)49-59)80(85(2,3)4,86(5,6)7)78-67-48-47-58(52-69(67)63-35-16-17-38-66(63)77(70)78)81(72-40-22-18-33-61(72)54-28-10-8-11-29-54)74-42-26-39-68-65-37-20-24-43-75(65)83-79(68)74/h8-52H,1-7H3. The number of furan rings is 1. The van der Waals surface area contributed by atoms with Gasteiger partial charge in [-0.05, 0) is 144 Å². The van der Waals surface area contributed by atoms with Crippen LogP contribution in [0, 0.1) is 6.92 Å². The summed E-state index contributed by atoms with van der Waals surface area (Å²) in [4.78, 5) is 9.86. The molecule has 0 bridgehead atoms. The van der Waals surface area contributed by atoms with Gasteiger partial charge in [-0.2, -0.15) is 5.06 Å². The molecule has 0 atom stereocenters. The van der Waals surface area contributed by atoms with Crippen LogP contribution in [0.3, 0.4) is 0 Å². The van der Waals surface area contributed by atoms with Crippen LogP contribution in [0.25, 0.3) is 98.8 Å². The van der Waals surface area contributed by atoms with Gasteiger partial charge in [0.05, 0.1) is 38.9 Å².